The molecule has 1 N–H and O–H groups in total. The van der Waals surface area contributed by atoms with E-state index in [2.05, 4.69) is 0 Å². The minimum atomic E-state index is -4.66. The largest absolute Gasteiger partial charge is 0.478 e. The van der Waals surface area contributed by atoms with Crippen molar-refractivity contribution in [2.24, 2.45) is 0 Å². The highest BCUT2D eigenvalue weighted by Crippen LogP contribution is 2.39. The Morgan fingerprint density at radius 2 is 1.78 bits per heavy atom. The maximum Gasteiger partial charge on any atom is 0.399 e. The van der Waals surface area contributed by atoms with E-state index in [1.54, 1.807) is 6.92 Å². The molecule has 8 heteroatoms. The molecule has 0 aliphatic carbocycles. The molecule has 0 fully saturated rings. The summed E-state index contributed by atoms with van der Waals surface area (Å²) in [6, 6.07) is 6.04. The predicted octanol–water partition coefficient (Wildman–Crippen LogP) is 6.75. The number of hydrogen-bond acceptors (Lipinski definition) is 1. The maximum atomic E-state index is 13.5. The zero-order valence-corrected chi connectivity index (χ0v) is 15.5. The average molecular weight is 421 g/mol. The molecule has 2 aromatic carbocycles. The molecule has 1 unspecified atom stereocenters. The summed E-state index contributed by atoms with van der Waals surface area (Å²) in [4.78, 5) is 11.1. The van der Waals surface area contributed by atoms with Gasteiger partial charge in [0.05, 0.1) is 21.5 Å². The second-order valence-corrected chi connectivity index (χ2v) is 6.57. The van der Waals surface area contributed by atoms with E-state index < -0.39 is 33.9 Å². The standard InChI is InChI=1S/C19H14Cl2F4O2/c1-2-11-7-10(3-5-13(11)18(26)27)4-6-14(19(23,24)25)12-8-15(20)17(22)16(21)9-12/h3-9,14H,2H2,1H3,(H,26,27)/b6-4+. The van der Waals surface area contributed by atoms with Crippen LogP contribution in [0.1, 0.15) is 39.9 Å². The predicted molar refractivity (Wildman–Crippen MR) is 97.0 cm³/mol. The lowest BCUT2D eigenvalue weighted by Crippen LogP contribution is -2.19. The molecule has 0 aromatic heterocycles. The van der Waals surface area contributed by atoms with E-state index in [1.807, 2.05) is 0 Å². The van der Waals surface area contributed by atoms with Crippen LogP contribution in [-0.4, -0.2) is 17.3 Å². The SMILES string of the molecule is CCc1cc(/C=C/C(c2cc(Cl)c(F)c(Cl)c2)C(F)(F)F)ccc1C(=O)O. The van der Waals surface area contributed by atoms with Crippen molar-refractivity contribution in [1.82, 2.24) is 0 Å². The summed E-state index contributed by atoms with van der Waals surface area (Å²) in [5, 5.41) is 8.11. The Labute approximate surface area is 163 Å². The van der Waals surface area contributed by atoms with Gasteiger partial charge in [-0.3, -0.25) is 0 Å². The molecule has 1 atom stereocenters. The van der Waals surface area contributed by atoms with Gasteiger partial charge in [-0.15, -0.1) is 0 Å². The van der Waals surface area contributed by atoms with Gasteiger partial charge in [-0.05, 0) is 41.3 Å². The zero-order chi connectivity index (χ0) is 20.4. The number of alkyl halides is 3. The molecule has 0 aliphatic rings. The Kier molecular flexibility index (Phi) is 6.54. The first-order valence-electron chi connectivity index (χ1n) is 7.80. The number of benzene rings is 2. The molecular formula is C19H14Cl2F4O2. The summed E-state index contributed by atoms with van der Waals surface area (Å²) in [7, 11) is 0. The summed E-state index contributed by atoms with van der Waals surface area (Å²) in [6.45, 7) is 1.75. The van der Waals surface area contributed by atoms with E-state index in [0.29, 0.717) is 17.5 Å². The molecule has 2 aromatic rings. The van der Waals surface area contributed by atoms with Crippen LogP contribution in [0.2, 0.25) is 10.0 Å². The second kappa shape index (κ2) is 8.31. The average Bonchev–Trinajstić information content (AvgIpc) is 2.58. The van der Waals surface area contributed by atoms with Crippen molar-refractivity contribution in [3.63, 3.8) is 0 Å². The molecule has 144 valence electrons. The Morgan fingerprint density at radius 3 is 2.26 bits per heavy atom. The molecule has 0 spiro atoms. The van der Waals surface area contributed by atoms with E-state index >= 15 is 0 Å². The summed E-state index contributed by atoms with van der Waals surface area (Å²) in [6.07, 6.45) is -2.12. The molecule has 0 amide bonds. The molecule has 0 saturated heterocycles. The van der Waals surface area contributed by atoms with Gasteiger partial charge in [0.25, 0.3) is 0 Å². The lowest BCUT2D eigenvalue weighted by atomic mass is 9.96. The first kappa shape index (κ1) is 21.3. The van der Waals surface area contributed by atoms with Crippen LogP contribution in [0.4, 0.5) is 17.6 Å². The Hall–Kier alpha value is -2.05. The van der Waals surface area contributed by atoms with Crippen molar-refractivity contribution in [2.45, 2.75) is 25.4 Å². The Balaban J connectivity index is 2.45. The number of aromatic carboxylic acids is 1. The smallest absolute Gasteiger partial charge is 0.399 e. The lowest BCUT2D eigenvalue weighted by molar-refractivity contribution is -0.139. The number of carboxylic acids is 1. The van der Waals surface area contributed by atoms with Crippen LogP contribution in [0, 0.1) is 5.82 Å². The van der Waals surface area contributed by atoms with Gasteiger partial charge in [0.2, 0.25) is 0 Å². The number of aryl methyl sites for hydroxylation is 1. The van der Waals surface area contributed by atoms with Gasteiger partial charge >= 0.3 is 12.1 Å². The van der Waals surface area contributed by atoms with Gasteiger partial charge in [0.15, 0.2) is 5.82 Å². The zero-order valence-electron chi connectivity index (χ0n) is 13.9. The van der Waals surface area contributed by atoms with Crippen molar-refractivity contribution in [1.29, 1.82) is 0 Å². The quantitative estimate of drug-likeness (QED) is 0.428. The monoisotopic (exact) mass is 420 g/mol. The molecule has 0 heterocycles. The highest BCUT2D eigenvalue weighted by molar-refractivity contribution is 6.35. The Morgan fingerprint density at radius 1 is 1.19 bits per heavy atom. The van der Waals surface area contributed by atoms with Crippen molar-refractivity contribution >= 4 is 35.2 Å². The van der Waals surface area contributed by atoms with E-state index in [4.69, 9.17) is 28.3 Å². The molecule has 2 nitrogen and oxygen atoms in total. The topological polar surface area (TPSA) is 37.3 Å². The van der Waals surface area contributed by atoms with Crippen molar-refractivity contribution < 1.29 is 27.5 Å². The van der Waals surface area contributed by atoms with Gasteiger partial charge in [-0.1, -0.05) is 54.4 Å². The minimum absolute atomic E-state index is 0.0964. The lowest BCUT2D eigenvalue weighted by Gasteiger charge is -2.18. The number of carboxylic acid groups (broad SMARTS) is 1. The molecule has 0 saturated carbocycles. The second-order valence-electron chi connectivity index (χ2n) is 5.75. The summed E-state index contributed by atoms with van der Waals surface area (Å²) in [5.74, 6) is -4.15. The fourth-order valence-corrected chi connectivity index (χ4v) is 3.09. The van der Waals surface area contributed by atoms with Crippen LogP contribution in [0.3, 0.4) is 0 Å². The number of halogens is 6. The van der Waals surface area contributed by atoms with Crippen LogP contribution in [0.5, 0.6) is 0 Å². The maximum absolute atomic E-state index is 13.5. The number of allylic oxidation sites excluding steroid dienone is 1. The van der Waals surface area contributed by atoms with Gasteiger partial charge in [0.1, 0.15) is 0 Å². The fourth-order valence-electron chi connectivity index (χ4n) is 2.59. The molecular weight excluding hydrogens is 407 g/mol. The van der Waals surface area contributed by atoms with Crippen LogP contribution < -0.4 is 0 Å². The third-order valence-electron chi connectivity index (χ3n) is 3.94. The van der Waals surface area contributed by atoms with Crippen LogP contribution in [-0.2, 0) is 6.42 Å². The van der Waals surface area contributed by atoms with Crippen molar-refractivity contribution in [3.8, 4) is 0 Å². The van der Waals surface area contributed by atoms with Crippen LogP contribution in [0.15, 0.2) is 36.4 Å². The summed E-state index contributed by atoms with van der Waals surface area (Å²) >= 11 is 11.2. The van der Waals surface area contributed by atoms with Gasteiger partial charge in [-0.2, -0.15) is 13.2 Å². The van der Waals surface area contributed by atoms with Crippen LogP contribution >= 0.6 is 23.2 Å². The van der Waals surface area contributed by atoms with Gasteiger partial charge < -0.3 is 5.11 Å². The van der Waals surface area contributed by atoms with Gasteiger partial charge in [0, 0.05) is 0 Å². The number of rotatable bonds is 5. The molecule has 0 aliphatic heterocycles. The van der Waals surface area contributed by atoms with Gasteiger partial charge in [-0.25, -0.2) is 9.18 Å². The van der Waals surface area contributed by atoms with Crippen molar-refractivity contribution in [3.05, 3.63) is 74.5 Å². The van der Waals surface area contributed by atoms with E-state index in [-0.39, 0.29) is 11.1 Å². The molecule has 0 radical (unpaired) electrons. The normalized spacial score (nSPS) is 13.1. The van der Waals surface area contributed by atoms with Crippen molar-refractivity contribution in [2.75, 3.05) is 0 Å². The Bertz CT molecular complexity index is 869. The highest BCUT2D eigenvalue weighted by atomic mass is 35.5. The first-order valence-corrected chi connectivity index (χ1v) is 8.55. The third-order valence-corrected chi connectivity index (χ3v) is 4.49. The number of hydrogen-bond donors (Lipinski definition) is 1. The summed E-state index contributed by atoms with van der Waals surface area (Å²) < 4.78 is 53.9. The fraction of sp³-hybridized carbons (Fsp3) is 0.211. The van der Waals surface area contributed by atoms with E-state index in [9.17, 15) is 22.4 Å². The summed E-state index contributed by atoms with van der Waals surface area (Å²) in [5.41, 5.74) is 0.707. The molecule has 2 rings (SSSR count). The highest BCUT2D eigenvalue weighted by Gasteiger charge is 2.39. The molecule has 27 heavy (non-hydrogen) atoms. The molecule has 0 bridgehead atoms. The van der Waals surface area contributed by atoms with E-state index in [0.717, 1.165) is 18.2 Å². The van der Waals surface area contributed by atoms with E-state index in [1.165, 1.54) is 24.3 Å². The first-order chi connectivity index (χ1) is 12.5. The van der Waals surface area contributed by atoms with Crippen LogP contribution in [0.25, 0.3) is 6.08 Å². The third kappa shape index (κ3) is 5.02. The minimum Gasteiger partial charge on any atom is -0.478 e. The number of carbonyl (C=O) groups is 1.